The third-order valence-corrected chi connectivity index (χ3v) is 7.37. The summed E-state index contributed by atoms with van der Waals surface area (Å²) in [5.74, 6) is 0.116. The number of rotatable bonds is 9. The summed E-state index contributed by atoms with van der Waals surface area (Å²) in [5.41, 5.74) is 3.36. The van der Waals surface area contributed by atoms with E-state index in [1.54, 1.807) is 0 Å². The highest BCUT2D eigenvalue weighted by Gasteiger charge is 2.26. The Labute approximate surface area is 209 Å². The molecule has 1 unspecified atom stereocenters. The van der Waals surface area contributed by atoms with Crippen molar-refractivity contribution >= 4 is 23.0 Å². The second kappa shape index (κ2) is 12.2. The molecule has 1 aliphatic heterocycles. The number of nitrogens with zero attached hydrogens (tertiary/aromatic N) is 2. The average Bonchev–Trinajstić information content (AvgIpc) is 2.88. The maximum absolute atomic E-state index is 12.4. The van der Waals surface area contributed by atoms with Gasteiger partial charge in [-0.25, -0.2) is 0 Å². The molecule has 0 saturated carbocycles. The summed E-state index contributed by atoms with van der Waals surface area (Å²) < 4.78 is 0. The normalized spacial score (nSPS) is 19.3. The Kier molecular flexibility index (Phi) is 8.80. The maximum atomic E-state index is 12.4. The van der Waals surface area contributed by atoms with Gasteiger partial charge in [-0.15, -0.1) is 0 Å². The predicted octanol–water partition coefficient (Wildman–Crippen LogP) is 4.79. The lowest BCUT2D eigenvalue weighted by Gasteiger charge is -2.39. The van der Waals surface area contributed by atoms with Crippen molar-refractivity contribution in [3.05, 3.63) is 95.6 Å². The van der Waals surface area contributed by atoms with Gasteiger partial charge in [-0.1, -0.05) is 92.0 Å². The molecule has 4 nitrogen and oxygen atoms in total. The standard InChI is InChI=1S/C29H35N3OS/c1-23-11-10-16-26(28(23)34)29(33)30-17-8-9-18-31-19-21-32(22-20-31)27(24-12-4-2-5-13-24)25-14-6-3-7-15-25/h2-7,10-16,23,27H,8-9,17-22H2,1H3,(H,30,33). The number of hydrogen-bond donors (Lipinski definition) is 1. The Morgan fingerprint density at radius 3 is 2.21 bits per heavy atom. The minimum absolute atomic E-state index is 0.0392. The Bertz CT molecular complexity index is 971. The number of carbonyl (C=O) groups excluding carboxylic acids is 1. The van der Waals surface area contributed by atoms with Crippen molar-refractivity contribution in [1.29, 1.82) is 0 Å². The van der Waals surface area contributed by atoms with Crippen LogP contribution in [0.1, 0.15) is 36.9 Å². The zero-order valence-corrected chi connectivity index (χ0v) is 20.8. The Hall–Kier alpha value is -2.60. The molecule has 5 heteroatoms. The van der Waals surface area contributed by atoms with E-state index in [2.05, 4.69) is 75.8 Å². The summed E-state index contributed by atoms with van der Waals surface area (Å²) in [5, 5.41) is 3.04. The Balaban J connectivity index is 1.21. The molecule has 0 bridgehead atoms. The van der Waals surface area contributed by atoms with Crippen molar-refractivity contribution in [2.75, 3.05) is 39.3 Å². The maximum Gasteiger partial charge on any atom is 0.252 e. The highest BCUT2D eigenvalue weighted by atomic mass is 32.1. The first kappa shape index (κ1) is 24.5. The minimum Gasteiger partial charge on any atom is -0.352 e. The zero-order chi connectivity index (χ0) is 23.8. The molecule has 1 heterocycles. The van der Waals surface area contributed by atoms with Crippen molar-refractivity contribution in [2.24, 2.45) is 5.92 Å². The van der Waals surface area contributed by atoms with Crippen LogP contribution in [0.3, 0.4) is 0 Å². The van der Waals surface area contributed by atoms with Crippen molar-refractivity contribution < 1.29 is 4.79 Å². The molecule has 1 saturated heterocycles. The van der Waals surface area contributed by atoms with Crippen LogP contribution >= 0.6 is 12.2 Å². The van der Waals surface area contributed by atoms with E-state index < -0.39 is 0 Å². The number of nitrogens with one attached hydrogen (secondary N) is 1. The molecule has 2 aromatic rings. The topological polar surface area (TPSA) is 35.6 Å². The number of unbranched alkanes of at least 4 members (excludes halogenated alkanes) is 1. The van der Waals surface area contributed by atoms with Gasteiger partial charge in [0.1, 0.15) is 0 Å². The lowest BCUT2D eigenvalue weighted by atomic mass is 9.95. The molecular weight excluding hydrogens is 438 g/mol. The lowest BCUT2D eigenvalue weighted by molar-refractivity contribution is -0.117. The smallest absolute Gasteiger partial charge is 0.252 e. The SMILES string of the molecule is CC1C=CC=C(C(=O)NCCCCN2CCN(C(c3ccccc3)c3ccccc3)CC2)C1=S. The molecule has 178 valence electrons. The molecule has 1 aliphatic carbocycles. The van der Waals surface area contributed by atoms with Gasteiger partial charge in [-0.05, 0) is 36.6 Å². The quantitative estimate of drug-likeness (QED) is 0.420. The fraction of sp³-hybridized carbons (Fsp3) is 0.379. The molecule has 0 aromatic heterocycles. The van der Waals surface area contributed by atoms with Gasteiger partial charge < -0.3 is 10.2 Å². The van der Waals surface area contributed by atoms with E-state index in [9.17, 15) is 4.79 Å². The van der Waals surface area contributed by atoms with Crippen LogP contribution in [0.2, 0.25) is 0 Å². The molecule has 1 amide bonds. The van der Waals surface area contributed by atoms with Gasteiger partial charge in [0.25, 0.3) is 5.91 Å². The van der Waals surface area contributed by atoms with Crippen molar-refractivity contribution in [3.8, 4) is 0 Å². The van der Waals surface area contributed by atoms with E-state index >= 15 is 0 Å². The van der Waals surface area contributed by atoms with Crippen LogP contribution in [0.15, 0.2) is 84.5 Å². The van der Waals surface area contributed by atoms with Crippen LogP contribution in [0.4, 0.5) is 0 Å². The molecule has 1 atom stereocenters. The van der Waals surface area contributed by atoms with Crippen molar-refractivity contribution in [2.45, 2.75) is 25.8 Å². The van der Waals surface area contributed by atoms with Crippen LogP contribution in [0.25, 0.3) is 0 Å². The zero-order valence-electron chi connectivity index (χ0n) is 20.0. The van der Waals surface area contributed by atoms with E-state index in [1.807, 2.05) is 25.2 Å². The first-order valence-electron chi connectivity index (χ1n) is 12.4. The van der Waals surface area contributed by atoms with Gasteiger partial charge in [0.15, 0.2) is 0 Å². The van der Waals surface area contributed by atoms with E-state index in [0.717, 1.165) is 50.4 Å². The third kappa shape index (κ3) is 6.29. The molecule has 0 spiro atoms. The summed E-state index contributed by atoms with van der Waals surface area (Å²) in [6.07, 6.45) is 7.85. The average molecular weight is 474 g/mol. The first-order valence-corrected chi connectivity index (χ1v) is 12.8. The van der Waals surface area contributed by atoms with Crippen molar-refractivity contribution in [1.82, 2.24) is 15.1 Å². The van der Waals surface area contributed by atoms with Crippen LogP contribution in [0, 0.1) is 5.92 Å². The summed E-state index contributed by atoms with van der Waals surface area (Å²) in [4.78, 5) is 18.3. The second-order valence-electron chi connectivity index (χ2n) is 9.18. The fourth-order valence-electron chi connectivity index (χ4n) is 4.81. The van der Waals surface area contributed by atoms with Crippen LogP contribution in [-0.4, -0.2) is 59.8 Å². The number of allylic oxidation sites excluding steroid dienone is 3. The van der Waals surface area contributed by atoms with Gasteiger partial charge in [0.2, 0.25) is 0 Å². The number of hydrogen-bond acceptors (Lipinski definition) is 4. The highest BCUT2D eigenvalue weighted by molar-refractivity contribution is 7.81. The van der Waals surface area contributed by atoms with E-state index in [4.69, 9.17) is 12.2 Å². The second-order valence-corrected chi connectivity index (χ2v) is 9.62. The highest BCUT2D eigenvalue weighted by Crippen LogP contribution is 2.29. The number of carbonyl (C=O) groups is 1. The number of piperazine rings is 1. The molecule has 34 heavy (non-hydrogen) atoms. The monoisotopic (exact) mass is 473 g/mol. The van der Waals surface area contributed by atoms with Gasteiger partial charge in [-0.2, -0.15) is 0 Å². The first-order chi connectivity index (χ1) is 16.6. The third-order valence-electron chi connectivity index (χ3n) is 6.78. The largest absolute Gasteiger partial charge is 0.352 e. The van der Waals surface area contributed by atoms with E-state index in [1.165, 1.54) is 11.1 Å². The molecular formula is C29H35N3OS. The van der Waals surface area contributed by atoms with Crippen LogP contribution < -0.4 is 5.32 Å². The molecule has 1 N–H and O–H groups in total. The molecule has 4 rings (SSSR count). The molecule has 1 fully saturated rings. The predicted molar refractivity (Wildman–Crippen MR) is 144 cm³/mol. The van der Waals surface area contributed by atoms with Gasteiger partial charge in [0.05, 0.1) is 11.6 Å². The van der Waals surface area contributed by atoms with Gasteiger partial charge in [0, 0.05) is 43.5 Å². The summed E-state index contributed by atoms with van der Waals surface area (Å²) in [6, 6.07) is 22.0. The van der Waals surface area contributed by atoms with Crippen molar-refractivity contribution in [3.63, 3.8) is 0 Å². The molecule has 2 aliphatic rings. The Morgan fingerprint density at radius 1 is 0.971 bits per heavy atom. The van der Waals surface area contributed by atoms with E-state index in [-0.39, 0.29) is 11.8 Å². The van der Waals surface area contributed by atoms with E-state index in [0.29, 0.717) is 18.2 Å². The lowest BCUT2D eigenvalue weighted by Crippen LogP contribution is -2.48. The fourth-order valence-corrected chi connectivity index (χ4v) is 5.05. The molecule has 2 aromatic carbocycles. The van der Waals surface area contributed by atoms with Gasteiger partial charge in [-0.3, -0.25) is 9.69 Å². The van der Waals surface area contributed by atoms with Crippen LogP contribution in [0.5, 0.6) is 0 Å². The summed E-state index contributed by atoms with van der Waals surface area (Å²) >= 11 is 5.41. The van der Waals surface area contributed by atoms with Crippen LogP contribution in [-0.2, 0) is 4.79 Å². The molecule has 0 radical (unpaired) electrons. The number of thiocarbonyl (C=S) groups is 1. The number of amides is 1. The summed E-state index contributed by atoms with van der Waals surface area (Å²) in [7, 11) is 0. The Morgan fingerprint density at radius 2 is 1.59 bits per heavy atom. The summed E-state index contributed by atoms with van der Waals surface area (Å²) in [6.45, 7) is 8.07. The minimum atomic E-state index is -0.0392. The van der Waals surface area contributed by atoms with Gasteiger partial charge >= 0.3 is 0 Å². The number of benzene rings is 2.